The van der Waals surface area contributed by atoms with Crippen molar-refractivity contribution in [2.24, 2.45) is 4.99 Å². The summed E-state index contributed by atoms with van der Waals surface area (Å²) < 4.78 is 15.9. The molecule has 0 aliphatic carbocycles. The lowest BCUT2D eigenvalue weighted by atomic mass is 10.3. The predicted molar refractivity (Wildman–Crippen MR) is 117 cm³/mol. The molecule has 30 heavy (non-hydrogen) atoms. The highest BCUT2D eigenvalue weighted by molar-refractivity contribution is 5.80. The average molecular weight is 422 g/mol. The fourth-order valence-electron chi connectivity index (χ4n) is 3.15. The van der Waals surface area contributed by atoms with Crippen LogP contribution in [0.4, 0.5) is 0 Å². The van der Waals surface area contributed by atoms with Crippen LogP contribution in [0.25, 0.3) is 0 Å². The topological polar surface area (TPSA) is 87.7 Å². The molecule has 0 atom stereocenters. The fourth-order valence-corrected chi connectivity index (χ4v) is 3.15. The van der Waals surface area contributed by atoms with Gasteiger partial charge in [0.25, 0.3) is 0 Å². The zero-order chi connectivity index (χ0) is 21.6. The number of carbonyl (C=O) groups excluding carboxylic acids is 1. The molecule has 0 saturated carbocycles. The van der Waals surface area contributed by atoms with Crippen molar-refractivity contribution in [3.8, 4) is 11.5 Å². The number of guanidine groups is 1. The molecule has 0 bridgehead atoms. The molecule has 0 unspecified atom stereocenters. The second kappa shape index (κ2) is 13.7. The van der Waals surface area contributed by atoms with Crippen molar-refractivity contribution in [1.82, 2.24) is 20.4 Å². The Morgan fingerprint density at radius 1 is 1.07 bits per heavy atom. The third kappa shape index (κ3) is 8.46. The normalized spacial score (nSPS) is 15.0. The smallest absolute Gasteiger partial charge is 0.234 e. The van der Waals surface area contributed by atoms with Gasteiger partial charge in [-0.3, -0.25) is 14.7 Å². The first kappa shape index (κ1) is 23.8. The molecule has 2 N–H and O–H groups in total. The van der Waals surface area contributed by atoms with Gasteiger partial charge in [-0.25, -0.2) is 0 Å². The van der Waals surface area contributed by atoms with Gasteiger partial charge in [0.1, 0.15) is 11.5 Å². The largest absolute Gasteiger partial charge is 0.497 e. The van der Waals surface area contributed by atoms with E-state index in [4.69, 9.17) is 14.2 Å². The standard InChI is InChI=1S/C21H35N5O4/c1-22-21(24-8-5-14-30-19-7-4-6-18(16-19)29-3)26-12-10-25(11-13-26)17-20(27)23-9-15-28-2/h4,6-7,16H,5,8-15,17H2,1-3H3,(H,22,24)(H,23,27). The zero-order valence-corrected chi connectivity index (χ0v) is 18.4. The summed E-state index contributed by atoms with van der Waals surface area (Å²) in [4.78, 5) is 20.7. The van der Waals surface area contributed by atoms with Crippen LogP contribution in [0.1, 0.15) is 6.42 Å². The number of piperazine rings is 1. The minimum atomic E-state index is 0.0408. The molecule has 0 radical (unpaired) electrons. The number of nitrogens with zero attached hydrogens (tertiary/aromatic N) is 3. The molecule has 168 valence electrons. The summed E-state index contributed by atoms with van der Waals surface area (Å²) in [6.45, 7) is 6.23. The van der Waals surface area contributed by atoms with Crippen molar-refractivity contribution in [2.75, 3.05) is 80.3 Å². The molecule has 0 aromatic heterocycles. The Morgan fingerprint density at radius 3 is 2.53 bits per heavy atom. The molecule has 9 heteroatoms. The van der Waals surface area contributed by atoms with Gasteiger partial charge >= 0.3 is 0 Å². The highest BCUT2D eigenvalue weighted by Gasteiger charge is 2.20. The molecule has 1 aromatic rings. The van der Waals surface area contributed by atoms with E-state index in [0.717, 1.165) is 56.6 Å². The maximum absolute atomic E-state index is 11.9. The SMILES string of the molecule is CN=C(NCCCOc1cccc(OC)c1)N1CCN(CC(=O)NCCOC)CC1. The molecule has 0 spiro atoms. The average Bonchev–Trinajstić information content (AvgIpc) is 2.77. The number of nitrogens with one attached hydrogen (secondary N) is 2. The third-order valence-corrected chi connectivity index (χ3v) is 4.79. The molecular weight excluding hydrogens is 386 g/mol. The second-order valence-electron chi connectivity index (χ2n) is 6.96. The number of hydrogen-bond donors (Lipinski definition) is 2. The van der Waals surface area contributed by atoms with Gasteiger partial charge in [0.15, 0.2) is 5.96 Å². The second-order valence-corrected chi connectivity index (χ2v) is 6.96. The monoisotopic (exact) mass is 421 g/mol. The molecule has 2 rings (SSSR count). The van der Waals surface area contributed by atoms with E-state index in [1.807, 2.05) is 24.3 Å². The van der Waals surface area contributed by atoms with Crippen molar-refractivity contribution >= 4 is 11.9 Å². The Labute approximate surface area is 179 Å². The highest BCUT2D eigenvalue weighted by Crippen LogP contribution is 2.18. The number of benzene rings is 1. The van der Waals surface area contributed by atoms with Crippen molar-refractivity contribution in [2.45, 2.75) is 6.42 Å². The van der Waals surface area contributed by atoms with Gasteiger partial charge in [-0.15, -0.1) is 0 Å². The Bertz CT molecular complexity index is 663. The molecule has 1 heterocycles. The summed E-state index contributed by atoms with van der Waals surface area (Å²) in [5.41, 5.74) is 0. The fraction of sp³-hybridized carbons (Fsp3) is 0.619. The van der Waals surface area contributed by atoms with Crippen LogP contribution >= 0.6 is 0 Å². The van der Waals surface area contributed by atoms with Gasteiger partial charge in [-0.1, -0.05) is 6.07 Å². The van der Waals surface area contributed by atoms with E-state index in [-0.39, 0.29) is 5.91 Å². The van der Waals surface area contributed by atoms with Crippen molar-refractivity contribution in [3.05, 3.63) is 24.3 Å². The summed E-state index contributed by atoms with van der Waals surface area (Å²) in [7, 11) is 5.07. The summed E-state index contributed by atoms with van der Waals surface area (Å²) in [6, 6.07) is 7.61. The van der Waals surface area contributed by atoms with Crippen LogP contribution in [-0.2, 0) is 9.53 Å². The number of hydrogen-bond acceptors (Lipinski definition) is 6. The Balaban J connectivity index is 1.62. The molecule has 1 fully saturated rings. The quantitative estimate of drug-likeness (QED) is 0.304. The van der Waals surface area contributed by atoms with E-state index in [1.54, 1.807) is 21.3 Å². The molecule has 9 nitrogen and oxygen atoms in total. The minimum Gasteiger partial charge on any atom is -0.497 e. The number of rotatable bonds is 11. The maximum atomic E-state index is 11.9. The number of amides is 1. The van der Waals surface area contributed by atoms with Crippen molar-refractivity contribution < 1.29 is 19.0 Å². The molecule has 1 aromatic carbocycles. The van der Waals surface area contributed by atoms with Gasteiger partial charge in [0.05, 0.1) is 26.9 Å². The van der Waals surface area contributed by atoms with Crippen LogP contribution in [0.2, 0.25) is 0 Å². The first-order chi connectivity index (χ1) is 14.7. The van der Waals surface area contributed by atoms with E-state index in [9.17, 15) is 4.79 Å². The van der Waals surface area contributed by atoms with Crippen LogP contribution in [0, 0.1) is 0 Å². The van der Waals surface area contributed by atoms with E-state index in [1.165, 1.54) is 0 Å². The first-order valence-electron chi connectivity index (χ1n) is 10.4. The maximum Gasteiger partial charge on any atom is 0.234 e. The molecule has 1 aliphatic heterocycles. The van der Waals surface area contributed by atoms with Crippen LogP contribution in [0.5, 0.6) is 11.5 Å². The van der Waals surface area contributed by atoms with Crippen LogP contribution in [-0.4, -0.2) is 102 Å². The van der Waals surface area contributed by atoms with Crippen molar-refractivity contribution in [1.29, 1.82) is 0 Å². The Morgan fingerprint density at radius 2 is 1.83 bits per heavy atom. The third-order valence-electron chi connectivity index (χ3n) is 4.79. The summed E-state index contributed by atoms with van der Waals surface area (Å²) in [6.07, 6.45) is 0.859. The molecule has 1 aliphatic rings. The van der Waals surface area contributed by atoms with E-state index in [0.29, 0.717) is 26.3 Å². The lowest BCUT2D eigenvalue weighted by Gasteiger charge is -2.36. The van der Waals surface area contributed by atoms with Gasteiger partial charge in [0.2, 0.25) is 5.91 Å². The number of methoxy groups -OCH3 is 2. The Hall–Kier alpha value is -2.52. The molecular formula is C21H35N5O4. The van der Waals surface area contributed by atoms with E-state index >= 15 is 0 Å². The van der Waals surface area contributed by atoms with Gasteiger partial charge in [-0.2, -0.15) is 0 Å². The zero-order valence-electron chi connectivity index (χ0n) is 18.4. The summed E-state index contributed by atoms with van der Waals surface area (Å²) >= 11 is 0. The van der Waals surface area contributed by atoms with Gasteiger partial charge in [0, 0.05) is 59.5 Å². The van der Waals surface area contributed by atoms with Crippen LogP contribution in [0.3, 0.4) is 0 Å². The lowest BCUT2D eigenvalue weighted by molar-refractivity contribution is -0.122. The number of carbonyl (C=O) groups is 1. The highest BCUT2D eigenvalue weighted by atomic mass is 16.5. The van der Waals surface area contributed by atoms with Crippen molar-refractivity contribution in [3.63, 3.8) is 0 Å². The van der Waals surface area contributed by atoms with Gasteiger partial charge < -0.3 is 29.7 Å². The number of ether oxygens (including phenoxy) is 3. The van der Waals surface area contributed by atoms with Crippen LogP contribution in [0.15, 0.2) is 29.3 Å². The molecule has 1 amide bonds. The van der Waals surface area contributed by atoms with Crippen LogP contribution < -0.4 is 20.1 Å². The van der Waals surface area contributed by atoms with E-state index < -0.39 is 0 Å². The minimum absolute atomic E-state index is 0.0408. The first-order valence-corrected chi connectivity index (χ1v) is 10.4. The summed E-state index contributed by atoms with van der Waals surface area (Å²) in [5.74, 6) is 2.53. The number of aliphatic imine (C=N–C) groups is 1. The predicted octanol–water partition coefficient (Wildman–Crippen LogP) is 0.420. The molecule has 1 saturated heterocycles. The van der Waals surface area contributed by atoms with Gasteiger partial charge in [-0.05, 0) is 18.6 Å². The van der Waals surface area contributed by atoms with E-state index in [2.05, 4.69) is 25.4 Å². The lowest BCUT2D eigenvalue weighted by Crippen LogP contribution is -2.54. The summed E-state index contributed by atoms with van der Waals surface area (Å²) in [5, 5.41) is 6.26. The Kier molecular flexibility index (Phi) is 10.8.